The van der Waals surface area contributed by atoms with E-state index in [1.54, 1.807) is 30.2 Å². The molecule has 0 aromatic heterocycles. The van der Waals surface area contributed by atoms with Gasteiger partial charge in [-0.05, 0) is 18.2 Å². The van der Waals surface area contributed by atoms with Crippen molar-refractivity contribution < 1.29 is 9.53 Å². The topological polar surface area (TPSA) is 29.5 Å². The van der Waals surface area contributed by atoms with Gasteiger partial charge in [-0.25, -0.2) is 0 Å². The lowest BCUT2D eigenvalue weighted by molar-refractivity contribution is 0.0709. The minimum atomic E-state index is -0.0466. The number of hydrogen-bond donors (Lipinski definition) is 0. The Morgan fingerprint density at radius 1 is 1.39 bits per heavy atom. The molecule has 1 aromatic rings. The molecule has 0 atom stereocenters. The minimum Gasteiger partial charge on any atom is -0.383 e. The highest BCUT2D eigenvalue weighted by atomic mass is 79.9. The molecule has 0 aliphatic heterocycles. The molecule has 0 radical (unpaired) electrons. The Hall–Kier alpha value is -0.100. The molecule has 3 nitrogen and oxygen atoms in total. The number of carbonyl (C=O) groups excluding carboxylic acids is 1. The van der Waals surface area contributed by atoms with E-state index in [4.69, 9.17) is 16.3 Å². The van der Waals surface area contributed by atoms with Gasteiger partial charge in [0, 0.05) is 40.6 Å². The second-order valence-electron chi connectivity index (χ2n) is 3.63. The maximum Gasteiger partial charge on any atom is 0.254 e. The molecule has 1 amide bonds. The fraction of sp³-hybridized carbons (Fsp3) is 0.417. The van der Waals surface area contributed by atoms with Crippen molar-refractivity contribution in [1.29, 1.82) is 0 Å². The Morgan fingerprint density at radius 3 is 2.67 bits per heavy atom. The quantitative estimate of drug-likeness (QED) is 0.685. The van der Waals surface area contributed by atoms with Crippen LogP contribution in [0.5, 0.6) is 0 Å². The smallest absolute Gasteiger partial charge is 0.254 e. The van der Waals surface area contributed by atoms with E-state index < -0.39 is 0 Å². The van der Waals surface area contributed by atoms with Gasteiger partial charge in [0.2, 0.25) is 0 Å². The zero-order chi connectivity index (χ0) is 13.5. The average Bonchev–Trinajstić information content (AvgIpc) is 2.32. The first-order valence-electron chi connectivity index (χ1n) is 5.38. The van der Waals surface area contributed by atoms with Gasteiger partial charge in [0.15, 0.2) is 0 Å². The van der Waals surface area contributed by atoms with E-state index in [1.165, 1.54) is 0 Å². The molecule has 6 heteroatoms. The van der Waals surface area contributed by atoms with E-state index in [1.807, 2.05) is 0 Å². The summed E-state index contributed by atoms with van der Waals surface area (Å²) in [5.74, 6) is -0.0466. The van der Waals surface area contributed by atoms with Crippen molar-refractivity contribution in [2.24, 2.45) is 0 Å². The number of amides is 1. The van der Waals surface area contributed by atoms with Crippen LogP contribution in [0.1, 0.15) is 10.4 Å². The second-order valence-corrected chi connectivity index (χ2v) is 5.78. The lowest BCUT2D eigenvalue weighted by Crippen LogP contribution is -2.35. The van der Waals surface area contributed by atoms with Gasteiger partial charge in [-0.2, -0.15) is 0 Å². The average molecular weight is 400 g/mol. The predicted molar refractivity (Wildman–Crippen MR) is 80.7 cm³/mol. The number of halogens is 3. The molecule has 1 rings (SSSR count). The molecule has 18 heavy (non-hydrogen) atoms. The standard InChI is InChI=1S/C12H14Br2ClNO2/c1-18-5-4-16(3-2-13)12(17)9-6-10(14)8-11(15)7-9/h6-8H,2-5H2,1H3. The van der Waals surface area contributed by atoms with Crippen LogP contribution in [-0.2, 0) is 4.74 Å². The lowest BCUT2D eigenvalue weighted by atomic mass is 10.2. The molecule has 0 saturated carbocycles. The van der Waals surface area contributed by atoms with Crippen LogP contribution in [0.4, 0.5) is 0 Å². The van der Waals surface area contributed by atoms with Crippen molar-refractivity contribution in [1.82, 2.24) is 4.90 Å². The number of benzene rings is 1. The first kappa shape index (κ1) is 16.0. The van der Waals surface area contributed by atoms with Gasteiger partial charge in [0.25, 0.3) is 5.91 Å². The molecule has 0 saturated heterocycles. The first-order valence-corrected chi connectivity index (χ1v) is 7.68. The summed E-state index contributed by atoms with van der Waals surface area (Å²) in [6.45, 7) is 1.71. The molecule has 0 unspecified atom stereocenters. The van der Waals surface area contributed by atoms with E-state index >= 15 is 0 Å². The van der Waals surface area contributed by atoms with Crippen LogP contribution in [0.15, 0.2) is 22.7 Å². The first-order chi connectivity index (χ1) is 8.58. The summed E-state index contributed by atoms with van der Waals surface area (Å²) in [7, 11) is 1.62. The summed E-state index contributed by atoms with van der Waals surface area (Å²) in [4.78, 5) is 14.0. The molecule has 0 fully saturated rings. The molecule has 0 bridgehead atoms. The Labute approximate surface area is 129 Å². The predicted octanol–water partition coefficient (Wildman–Crippen LogP) is 3.59. The van der Waals surface area contributed by atoms with Crippen LogP contribution in [0.2, 0.25) is 5.02 Å². The normalized spacial score (nSPS) is 10.4. The summed E-state index contributed by atoms with van der Waals surface area (Å²) in [6.07, 6.45) is 0. The summed E-state index contributed by atoms with van der Waals surface area (Å²) in [5, 5.41) is 1.27. The zero-order valence-electron chi connectivity index (χ0n) is 9.96. The van der Waals surface area contributed by atoms with Crippen LogP contribution in [0.25, 0.3) is 0 Å². The van der Waals surface area contributed by atoms with Gasteiger partial charge in [0.05, 0.1) is 6.61 Å². The third-order valence-electron chi connectivity index (χ3n) is 2.32. The zero-order valence-corrected chi connectivity index (χ0v) is 13.9. The second kappa shape index (κ2) is 8.15. The van der Waals surface area contributed by atoms with Gasteiger partial charge < -0.3 is 9.64 Å². The number of hydrogen-bond acceptors (Lipinski definition) is 2. The van der Waals surface area contributed by atoms with Crippen LogP contribution in [0, 0.1) is 0 Å². The monoisotopic (exact) mass is 397 g/mol. The van der Waals surface area contributed by atoms with Crippen molar-refractivity contribution in [3.63, 3.8) is 0 Å². The Bertz CT molecular complexity index is 395. The molecule has 100 valence electrons. The fourth-order valence-corrected chi connectivity index (χ4v) is 2.77. The van der Waals surface area contributed by atoms with E-state index in [2.05, 4.69) is 31.9 Å². The molecular formula is C12H14Br2ClNO2. The number of methoxy groups -OCH3 is 1. The van der Waals surface area contributed by atoms with Crippen LogP contribution in [0.3, 0.4) is 0 Å². The molecule has 1 aromatic carbocycles. The van der Waals surface area contributed by atoms with E-state index in [0.717, 1.165) is 9.80 Å². The van der Waals surface area contributed by atoms with E-state index in [0.29, 0.717) is 30.3 Å². The van der Waals surface area contributed by atoms with Crippen molar-refractivity contribution in [3.05, 3.63) is 33.3 Å². The lowest BCUT2D eigenvalue weighted by Gasteiger charge is -2.21. The molecule has 0 N–H and O–H groups in total. The molecular weight excluding hydrogens is 385 g/mol. The molecule has 0 aliphatic rings. The number of nitrogens with zero attached hydrogens (tertiary/aromatic N) is 1. The number of alkyl halides is 1. The van der Waals surface area contributed by atoms with Gasteiger partial charge in [-0.15, -0.1) is 0 Å². The molecule has 0 heterocycles. The third-order valence-corrected chi connectivity index (χ3v) is 3.35. The summed E-state index contributed by atoms with van der Waals surface area (Å²) < 4.78 is 5.80. The van der Waals surface area contributed by atoms with Crippen LogP contribution >= 0.6 is 43.5 Å². The fourth-order valence-electron chi connectivity index (χ4n) is 1.48. The number of rotatable bonds is 6. The van der Waals surface area contributed by atoms with Gasteiger partial charge in [-0.3, -0.25) is 4.79 Å². The Morgan fingerprint density at radius 2 is 2.11 bits per heavy atom. The summed E-state index contributed by atoms with van der Waals surface area (Å²) >= 11 is 12.6. The summed E-state index contributed by atoms with van der Waals surface area (Å²) in [6, 6.07) is 5.19. The van der Waals surface area contributed by atoms with Crippen molar-refractivity contribution in [2.45, 2.75) is 0 Å². The SMILES string of the molecule is COCCN(CCBr)C(=O)c1cc(Cl)cc(Br)c1. The van der Waals surface area contributed by atoms with Gasteiger partial charge in [-0.1, -0.05) is 43.5 Å². The largest absolute Gasteiger partial charge is 0.383 e. The highest BCUT2D eigenvalue weighted by Gasteiger charge is 2.15. The molecule has 0 aliphatic carbocycles. The van der Waals surface area contributed by atoms with E-state index in [9.17, 15) is 4.79 Å². The number of ether oxygens (including phenoxy) is 1. The minimum absolute atomic E-state index is 0.0466. The Balaban J connectivity index is 2.86. The summed E-state index contributed by atoms with van der Waals surface area (Å²) in [5.41, 5.74) is 0.575. The highest BCUT2D eigenvalue weighted by molar-refractivity contribution is 9.10. The van der Waals surface area contributed by atoms with Crippen molar-refractivity contribution in [2.75, 3.05) is 32.1 Å². The third kappa shape index (κ3) is 4.88. The van der Waals surface area contributed by atoms with E-state index in [-0.39, 0.29) is 5.91 Å². The van der Waals surface area contributed by atoms with Crippen LogP contribution in [-0.4, -0.2) is 42.9 Å². The highest BCUT2D eigenvalue weighted by Crippen LogP contribution is 2.20. The number of carbonyl (C=O) groups is 1. The maximum atomic E-state index is 12.3. The van der Waals surface area contributed by atoms with Gasteiger partial charge >= 0.3 is 0 Å². The van der Waals surface area contributed by atoms with Crippen molar-refractivity contribution >= 4 is 49.4 Å². The Kier molecular flexibility index (Phi) is 7.22. The molecule has 0 spiro atoms. The van der Waals surface area contributed by atoms with Crippen molar-refractivity contribution in [3.8, 4) is 0 Å². The van der Waals surface area contributed by atoms with Crippen LogP contribution < -0.4 is 0 Å². The van der Waals surface area contributed by atoms with Gasteiger partial charge in [0.1, 0.15) is 0 Å². The maximum absolute atomic E-state index is 12.3.